The van der Waals surface area contributed by atoms with Crippen LogP contribution in [0.3, 0.4) is 0 Å². The molecule has 1 aliphatic heterocycles. The van der Waals surface area contributed by atoms with Gasteiger partial charge in [0.2, 0.25) is 11.9 Å². The number of carbonyl (C=O) groups is 1. The number of aromatic nitrogens is 4. The van der Waals surface area contributed by atoms with Gasteiger partial charge >= 0.3 is 0 Å². The lowest BCUT2D eigenvalue weighted by molar-refractivity contribution is -0.117. The lowest BCUT2D eigenvalue weighted by atomic mass is 9.89. The van der Waals surface area contributed by atoms with Crippen molar-refractivity contribution >= 4 is 23.4 Å². The third kappa shape index (κ3) is 3.34. The molecule has 0 radical (unpaired) electrons. The molecule has 3 aliphatic rings. The highest BCUT2D eigenvalue weighted by molar-refractivity contribution is 6.03. The summed E-state index contributed by atoms with van der Waals surface area (Å²) in [5.74, 6) is 3.97. The summed E-state index contributed by atoms with van der Waals surface area (Å²) in [5, 5.41) is 10.8. The summed E-state index contributed by atoms with van der Waals surface area (Å²) >= 11 is 0. The van der Waals surface area contributed by atoms with Crippen molar-refractivity contribution < 1.29 is 4.79 Å². The molecular weight excluding hydrogens is 366 g/mol. The van der Waals surface area contributed by atoms with Gasteiger partial charge in [-0.2, -0.15) is 10.1 Å². The van der Waals surface area contributed by atoms with E-state index in [9.17, 15) is 4.79 Å². The van der Waals surface area contributed by atoms with Crippen LogP contribution in [0.25, 0.3) is 0 Å². The third-order valence-corrected chi connectivity index (χ3v) is 7.06. The van der Waals surface area contributed by atoms with E-state index in [1.165, 1.54) is 25.7 Å². The molecule has 3 heterocycles. The summed E-state index contributed by atoms with van der Waals surface area (Å²) in [6.45, 7) is 5.43. The first kappa shape index (κ1) is 18.4. The summed E-state index contributed by atoms with van der Waals surface area (Å²) in [6, 6.07) is -0.256. The number of hydrogen-bond donors (Lipinski definition) is 2. The number of anilines is 3. The van der Waals surface area contributed by atoms with Gasteiger partial charge in [-0.25, -0.2) is 4.98 Å². The van der Waals surface area contributed by atoms with Crippen molar-refractivity contribution in [3.8, 4) is 0 Å². The highest BCUT2D eigenvalue weighted by Gasteiger charge is 2.39. The first-order chi connectivity index (χ1) is 14.0. The van der Waals surface area contributed by atoms with Gasteiger partial charge in [0, 0.05) is 31.9 Å². The zero-order valence-electron chi connectivity index (χ0n) is 17.4. The molecule has 29 heavy (non-hydrogen) atoms. The fourth-order valence-corrected chi connectivity index (χ4v) is 5.24. The molecule has 2 aromatic heterocycles. The number of amides is 1. The first-order valence-corrected chi connectivity index (χ1v) is 10.7. The molecule has 2 saturated carbocycles. The Morgan fingerprint density at radius 3 is 2.90 bits per heavy atom. The fourth-order valence-electron chi connectivity index (χ4n) is 5.24. The van der Waals surface area contributed by atoms with E-state index in [1.807, 2.05) is 32.0 Å². The second kappa shape index (κ2) is 7.00. The molecule has 0 aromatic carbocycles. The minimum Gasteiger partial charge on any atom is -0.350 e. The number of carbonyl (C=O) groups excluding carboxylic acids is 1. The number of fused-ring (bicyclic) bond motifs is 3. The highest BCUT2D eigenvalue weighted by atomic mass is 16.2. The van der Waals surface area contributed by atoms with E-state index in [4.69, 9.17) is 0 Å². The standard InChI is InChI=1S/C21H29N7O/c1-12-18-19(27(3)13(2)20(29)25-18)26-21(24-12)22-8-15-9-23-28(10-15)11-17-7-14-4-5-16(17)6-14/h9-10,13-14,16-17H,4-8,11H2,1-3H3,(H,25,29)(H,22,24,26)/t13-,14?,16+,17+/m0/s1. The molecule has 2 aliphatic carbocycles. The lowest BCUT2D eigenvalue weighted by Gasteiger charge is -2.32. The number of aryl methyl sites for hydroxylation is 1. The molecule has 1 unspecified atom stereocenters. The normalized spacial score (nSPS) is 27.8. The Balaban J connectivity index is 1.25. The van der Waals surface area contributed by atoms with E-state index in [-0.39, 0.29) is 11.9 Å². The van der Waals surface area contributed by atoms with Crippen molar-refractivity contribution in [2.75, 3.05) is 22.6 Å². The minimum absolute atomic E-state index is 0.0321. The van der Waals surface area contributed by atoms with Crippen LogP contribution in [-0.2, 0) is 17.9 Å². The molecule has 2 N–H and O–H groups in total. The topological polar surface area (TPSA) is 88.0 Å². The smallest absolute Gasteiger partial charge is 0.246 e. The maximum Gasteiger partial charge on any atom is 0.246 e. The molecule has 154 valence electrons. The summed E-state index contributed by atoms with van der Waals surface area (Å²) in [4.78, 5) is 23.1. The predicted molar refractivity (Wildman–Crippen MR) is 112 cm³/mol. The molecule has 2 aromatic rings. The van der Waals surface area contributed by atoms with Crippen molar-refractivity contribution in [2.24, 2.45) is 17.8 Å². The zero-order valence-corrected chi connectivity index (χ0v) is 17.4. The number of likely N-dealkylation sites (N-methyl/N-ethyl adjacent to an activating group) is 1. The van der Waals surface area contributed by atoms with Gasteiger partial charge in [-0.3, -0.25) is 9.48 Å². The molecule has 2 bridgehead atoms. The number of rotatable bonds is 5. The summed E-state index contributed by atoms with van der Waals surface area (Å²) in [5.41, 5.74) is 2.58. The number of nitrogens with zero attached hydrogens (tertiary/aromatic N) is 5. The fraction of sp³-hybridized carbons (Fsp3) is 0.619. The van der Waals surface area contributed by atoms with Gasteiger partial charge in [-0.05, 0) is 50.9 Å². The molecular formula is C21H29N7O. The number of nitrogens with one attached hydrogen (secondary N) is 2. The van der Waals surface area contributed by atoms with Crippen LogP contribution in [0.1, 0.15) is 43.9 Å². The van der Waals surface area contributed by atoms with Crippen LogP contribution in [0, 0.1) is 24.7 Å². The minimum atomic E-state index is -0.256. The first-order valence-electron chi connectivity index (χ1n) is 10.7. The van der Waals surface area contributed by atoms with Crippen LogP contribution >= 0.6 is 0 Å². The summed E-state index contributed by atoms with van der Waals surface area (Å²) < 4.78 is 2.10. The van der Waals surface area contributed by atoms with E-state index in [1.54, 1.807) is 0 Å². The summed E-state index contributed by atoms with van der Waals surface area (Å²) in [7, 11) is 1.89. The Morgan fingerprint density at radius 1 is 1.28 bits per heavy atom. The van der Waals surface area contributed by atoms with Gasteiger partial charge in [0.15, 0.2) is 5.82 Å². The zero-order chi connectivity index (χ0) is 20.1. The average molecular weight is 396 g/mol. The Kier molecular flexibility index (Phi) is 4.44. The Labute approximate surface area is 171 Å². The largest absolute Gasteiger partial charge is 0.350 e. The second-order valence-electron chi connectivity index (χ2n) is 8.97. The van der Waals surface area contributed by atoms with E-state index in [0.29, 0.717) is 18.2 Å². The Hall–Kier alpha value is -2.64. The van der Waals surface area contributed by atoms with Crippen molar-refractivity contribution in [2.45, 2.75) is 58.7 Å². The third-order valence-electron chi connectivity index (χ3n) is 7.06. The van der Waals surface area contributed by atoms with Gasteiger partial charge in [-0.15, -0.1) is 0 Å². The van der Waals surface area contributed by atoms with Crippen LogP contribution in [-0.4, -0.2) is 38.7 Å². The predicted octanol–water partition coefficient (Wildman–Crippen LogP) is 2.81. The Bertz CT molecular complexity index is 939. The maximum absolute atomic E-state index is 12.0. The molecule has 2 fully saturated rings. The van der Waals surface area contributed by atoms with E-state index >= 15 is 0 Å². The Morgan fingerprint density at radius 2 is 2.14 bits per heavy atom. The van der Waals surface area contributed by atoms with E-state index in [0.717, 1.165) is 41.4 Å². The van der Waals surface area contributed by atoms with Gasteiger partial charge in [0.1, 0.15) is 11.7 Å². The molecule has 8 heteroatoms. The molecule has 5 rings (SSSR count). The van der Waals surface area contributed by atoms with Crippen molar-refractivity contribution in [3.63, 3.8) is 0 Å². The van der Waals surface area contributed by atoms with Gasteiger partial charge in [0.25, 0.3) is 0 Å². The SMILES string of the molecule is Cc1nc(NCc2cnn(C[C@H]3CC4CC[C@@H]3C4)c2)nc2c1NC(=O)[C@H](C)N2C. The maximum atomic E-state index is 12.0. The molecule has 0 spiro atoms. The van der Waals surface area contributed by atoms with Crippen LogP contribution in [0.4, 0.5) is 17.5 Å². The quantitative estimate of drug-likeness (QED) is 0.809. The molecule has 8 nitrogen and oxygen atoms in total. The highest BCUT2D eigenvalue weighted by Crippen LogP contribution is 2.48. The van der Waals surface area contributed by atoms with E-state index < -0.39 is 0 Å². The van der Waals surface area contributed by atoms with Crippen molar-refractivity contribution in [1.82, 2.24) is 19.7 Å². The molecule has 0 saturated heterocycles. The average Bonchev–Trinajstić information content (AvgIpc) is 3.43. The lowest BCUT2D eigenvalue weighted by Crippen LogP contribution is -2.44. The van der Waals surface area contributed by atoms with Crippen LogP contribution < -0.4 is 15.5 Å². The number of hydrogen-bond acceptors (Lipinski definition) is 6. The molecule has 4 atom stereocenters. The second-order valence-corrected chi connectivity index (χ2v) is 8.97. The van der Waals surface area contributed by atoms with Gasteiger partial charge in [0.05, 0.1) is 11.9 Å². The summed E-state index contributed by atoms with van der Waals surface area (Å²) in [6.07, 6.45) is 9.73. The van der Waals surface area contributed by atoms with Crippen LogP contribution in [0.5, 0.6) is 0 Å². The van der Waals surface area contributed by atoms with Crippen LogP contribution in [0.15, 0.2) is 12.4 Å². The van der Waals surface area contributed by atoms with Crippen molar-refractivity contribution in [3.05, 3.63) is 23.7 Å². The van der Waals surface area contributed by atoms with Gasteiger partial charge < -0.3 is 15.5 Å². The van der Waals surface area contributed by atoms with E-state index in [2.05, 4.69) is 36.6 Å². The van der Waals surface area contributed by atoms with Gasteiger partial charge in [-0.1, -0.05) is 6.42 Å². The monoisotopic (exact) mass is 395 g/mol. The molecule has 1 amide bonds. The van der Waals surface area contributed by atoms with Crippen LogP contribution in [0.2, 0.25) is 0 Å². The van der Waals surface area contributed by atoms with Crippen molar-refractivity contribution in [1.29, 1.82) is 0 Å².